The highest BCUT2D eigenvalue weighted by molar-refractivity contribution is 5.96. The van der Waals surface area contributed by atoms with Gasteiger partial charge in [0.1, 0.15) is 11.3 Å². The van der Waals surface area contributed by atoms with Gasteiger partial charge in [-0.2, -0.15) is 0 Å². The lowest BCUT2D eigenvalue weighted by Gasteiger charge is -2.20. The fraction of sp³-hybridized carbons (Fsp3) is 0.368. The number of hydrogen-bond donors (Lipinski definition) is 1. The van der Waals surface area contributed by atoms with Gasteiger partial charge in [0, 0.05) is 24.9 Å². The van der Waals surface area contributed by atoms with Gasteiger partial charge in [-0.3, -0.25) is 9.78 Å². The Morgan fingerprint density at radius 3 is 2.44 bits per heavy atom. The third kappa shape index (κ3) is 4.86. The lowest BCUT2D eigenvalue weighted by atomic mass is 10.00. The quantitative estimate of drug-likeness (QED) is 0.865. The molecule has 2 rings (SSSR count). The number of nitrogens with one attached hydrogen (secondary N) is 1. The van der Waals surface area contributed by atoms with E-state index in [1.165, 1.54) is 13.1 Å². The number of esters is 1. The molecule has 1 amide bonds. The third-order valence-electron chi connectivity index (χ3n) is 3.51. The molecule has 0 saturated heterocycles. The van der Waals surface area contributed by atoms with Crippen LogP contribution in [0.15, 0.2) is 36.5 Å². The van der Waals surface area contributed by atoms with Crippen LogP contribution in [0.3, 0.4) is 0 Å². The van der Waals surface area contributed by atoms with Gasteiger partial charge < -0.3 is 10.1 Å². The molecule has 2 aromatic heterocycles. The fourth-order valence-electron chi connectivity index (χ4n) is 2.26. The summed E-state index contributed by atoms with van der Waals surface area (Å²) >= 11 is 0. The second kappa shape index (κ2) is 7.42. The van der Waals surface area contributed by atoms with Gasteiger partial charge in [-0.15, -0.1) is 0 Å². The molecule has 2 aromatic rings. The highest BCUT2D eigenvalue weighted by Gasteiger charge is 2.22. The smallest absolute Gasteiger partial charge is 0.338 e. The summed E-state index contributed by atoms with van der Waals surface area (Å²) < 4.78 is 5.42. The van der Waals surface area contributed by atoms with E-state index in [-0.39, 0.29) is 17.5 Å². The number of carbonyl (C=O) groups excluding carboxylic acids is 2. The molecule has 132 valence electrons. The molecule has 1 unspecified atom stereocenters. The zero-order chi connectivity index (χ0) is 18.6. The lowest BCUT2D eigenvalue weighted by Crippen LogP contribution is -2.25. The highest BCUT2D eigenvalue weighted by atomic mass is 16.6. The van der Waals surface area contributed by atoms with Crippen LogP contribution < -0.4 is 5.32 Å². The first-order valence-electron chi connectivity index (χ1n) is 8.09. The summed E-state index contributed by atoms with van der Waals surface area (Å²) in [6, 6.07) is 8.69. The Balaban J connectivity index is 2.47. The maximum absolute atomic E-state index is 12.4. The number of pyridine rings is 2. The van der Waals surface area contributed by atoms with Crippen molar-refractivity contribution in [3.8, 4) is 0 Å². The van der Waals surface area contributed by atoms with Crippen molar-refractivity contribution >= 4 is 11.9 Å². The minimum Gasteiger partial charge on any atom is -0.456 e. The van der Waals surface area contributed by atoms with Crippen LogP contribution in [0.1, 0.15) is 65.8 Å². The van der Waals surface area contributed by atoms with Gasteiger partial charge in [0.25, 0.3) is 5.91 Å². The number of rotatable bonds is 4. The van der Waals surface area contributed by atoms with Crippen molar-refractivity contribution in [1.82, 2.24) is 15.3 Å². The summed E-state index contributed by atoms with van der Waals surface area (Å²) in [7, 11) is 1.52. The van der Waals surface area contributed by atoms with Crippen LogP contribution in [0.5, 0.6) is 0 Å². The van der Waals surface area contributed by atoms with E-state index in [9.17, 15) is 9.59 Å². The van der Waals surface area contributed by atoms with Crippen LogP contribution in [-0.2, 0) is 4.74 Å². The molecule has 6 heteroatoms. The molecule has 2 heterocycles. The largest absolute Gasteiger partial charge is 0.456 e. The fourth-order valence-corrected chi connectivity index (χ4v) is 2.26. The molecular weight excluding hydrogens is 318 g/mol. The first-order chi connectivity index (χ1) is 11.7. The average molecular weight is 341 g/mol. The molecule has 0 radical (unpaired) electrons. The zero-order valence-corrected chi connectivity index (χ0v) is 15.2. The van der Waals surface area contributed by atoms with E-state index in [0.29, 0.717) is 11.3 Å². The summed E-state index contributed by atoms with van der Waals surface area (Å²) in [5, 5.41) is 2.53. The summed E-state index contributed by atoms with van der Waals surface area (Å²) in [4.78, 5) is 33.2. The van der Waals surface area contributed by atoms with Crippen molar-refractivity contribution in [2.45, 2.75) is 39.2 Å². The maximum atomic E-state index is 12.4. The van der Waals surface area contributed by atoms with Crippen LogP contribution in [0.25, 0.3) is 0 Å². The molecule has 0 bridgehead atoms. The molecule has 0 fully saturated rings. The van der Waals surface area contributed by atoms with E-state index >= 15 is 0 Å². The number of aromatic nitrogens is 2. The summed E-state index contributed by atoms with van der Waals surface area (Å²) in [6.45, 7) is 7.31. The predicted octanol–water partition coefficient (Wildman–Crippen LogP) is 2.94. The standard InChI is InChI=1S/C19H23N3O3/c1-12(14-8-6-7-9-21-14)15-10-13(18(24)25-19(2,3)4)11-16(22-15)17(23)20-5/h6-12H,1-5H3,(H,20,23). The monoisotopic (exact) mass is 341 g/mol. The predicted molar refractivity (Wildman–Crippen MR) is 94.5 cm³/mol. The third-order valence-corrected chi connectivity index (χ3v) is 3.51. The van der Waals surface area contributed by atoms with E-state index in [1.807, 2.05) is 25.1 Å². The molecule has 0 aliphatic carbocycles. The molecule has 1 N–H and O–H groups in total. The molecule has 0 aliphatic heterocycles. The molecule has 0 aromatic carbocycles. The van der Waals surface area contributed by atoms with E-state index in [1.54, 1.807) is 33.0 Å². The van der Waals surface area contributed by atoms with Crippen molar-refractivity contribution in [1.29, 1.82) is 0 Å². The number of ether oxygens (including phenoxy) is 1. The van der Waals surface area contributed by atoms with Crippen LogP contribution >= 0.6 is 0 Å². The Bertz CT molecular complexity index is 767. The summed E-state index contributed by atoms with van der Waals surface area (Å²) in [5.41, 5.74) is 1.23. The molecule has 0 saturated carbocycles. The Labute approximate surface area is 147 Å². The van der Waals surface area contributed by atoms with Crippen molar-refractivity contribution in [3.05, 3.63) is 59.2 Å². The van der Waals surface area contributed by atoms with Crippen LogP contribution in [0.4, 0.5) is 0 Å². The summed E-state index contributed by atoms with van der Waals surface area (Å²) in [5.74, 6) is -1.03. The molecule has 0 aliphatic rings. The number of amides is 1. The van der Waals surface area contributed by atoms with E-state index in [2.05, 4.69) is 15.3 Å². The molecular formula is C19H23N3O3. The minimum atomic E-state index is -0.625. The molecule has 1 atom stereocenters. The Hall–Kier alpha value is -2.76. The SMILES string of the molecule is CNC(=O)c1cc(C(=O)OC(C)(C)C)cc(C(C)c2ccccn2)n1. The molecule has 0 spiro atoms. The number of hydrogen-bond acceptors (Lipinski definition) is 5. The van der Waals surface area contributed by atoms with Gasteiger partial charge in [-0.25, -0.2) is 9.78 Å². The van der Waals surface area contributed by atoms with Gasteiger partial charge in [0.05, 0.1) is 11.3 Å². The van der Waals surface area contributed by atoms with Gasteiger partial charge in [-0.1, -0.05) is 13.0 Å². The van der Waals surface area contributed by atoms with E-state index < -0.39 is 11.6 Å². The first kappa shape index (κ1) is 18.6. The van der Waals surface area contributed by atoms with Gasteiger partial charge in [0.2, 0.25) is 0 Å². The number of nitrogens with zero attached hydrogens (tertiary/aromatic N) is 2. The van der Waals surface area contributed by atoms with Crippen LogP contribution in [-0.4, -0.2) is 34.5 Å². The topological polar surface area (TPSA) is 81.2 Å². The Morgan fingerprint density at radius 1 is 1.16 bits per heavy atom. The van der Waals surface area contributed by atoms with E-state index in [4.69, 9.17) is 4.74 Å². The average Bonchev–Trinajstić information content (AvgIpc) is 2.59. The van der Waals surface area contributed by atoms with Crippen molar-refractivity contribution in [2.75, 3.05) is 7.05 Å². The van der Waals surface area contributed by atoms with E-state index in [0.717, 1.165) is 5.69 Å². The number of carbonyl (C=O) groups is 2. The van der Waals surface area contributed by atoms with Crippen LogP contribution in [0.2, 0.25) is 0 Å². The second-order valence-corrected chi connectivity index (χ2v) is 6.72. The van der Waals surface area contributed by atoms with Crippen molar-refractivity contribution in [3.63, 3.8) is 0 Å². The van der Waals surface area contributed by atoms with Crippen molar-refractivity contribution in [2.24, 2.45) is 0 Å². The van der Waals surface area contributed by atoms with Gasteiger partial charge in [0.15, 0.2) is 0 Å². The Morgan fingerprint density at radius 2 is 1.88 bits per heavy atom. The van der Waals surface area contributed by atoms with Gasteiger partial charge >= 0.3 is 5.97 Å². The molecule has 25 heavy (non-hydrogen) atoms. The first-order valence-corrected chi connectivity index (χ1v) is 8.09. The molecule has 6 nitrogen and oxygen atoms in total. The highest BCUT2D eigenvalue weighted by Crippen LogP contribution is 2.23. The zero-order valence-electron chi connectivity index (χ0n) is 15.2. The normalized spacial score (nSPS) is 12.4. The minimum absolute atomic E-state index is 0.170. The van der Waals surface area contributed by atoms with Gasteiger partial charge in [-0.05, 0) is 45.0 Å². The maximum Gasteiger partial charge on any atom is 0.338 e. The van der Waals surface area contributed by atoms with Crippen LogP contribution in [0, 0.1) is 0 Å². The summed E-state index contributed by atoms with van der Waals surface area (Å²) in [6.07, 6.45) is 1.70. The van der Waals surface area contributed by atoms with Crippen molar-refractivity contribution < 1.29 is 14.3 Å². The second-order valence-electron chi connectivity index (χ2n) is 6.72. The Kier molecular flexibility index (Phi) is 5.51. The lowest BCUT2D eigenvalue weighted by molar-refractivity contribution is 0.00692.